The normalized spacial score (nSPS) is 10.8. The van der Waals surface area contributed by atoms with Crippen molar-refractivity contribution in [3.8, 4) is 11.5 Å². The van der Waals surface area contributed by atoms with Gasteiger partial charge in [0.25, 0.3) is 5.91 Å². The van der Waals surface area contributed by atoms with E-state index in [9.17, 15) is 9.59 Å². The van der Waals surface area contributed by atoms with Crippen LogP contribution in [-0.4, -0.2) is 29.7 Å². The Morgan fingerprint density at radius 1 is 1.08 bits per heavy atom. The third-order valence-electron chi connectivity index (χ3n) is 3.87. The number of nitrogens with zero attached hydrogens (tertiary/aromatic N) is 1. The van der Waals surface area contributed by atoms with Gasteiger partial charge >= 0.3 is 5.69 Å². The van der Waals surface area contributed by atoms with E-state index >= 15 is 0 Å². The second-order valence-electron chi connectivity index (χ2n) is 5.40. The molecule has 1 heterocycles. The highest BCUT2D eigenvalue weighted by Gasteiger charge is 2.18. The zero-order valence-electron chi connectivity index (χ0n) is 13.5. The van der Waals surface area contributed by atoms with E-state index in [2.05, 4.69) is 4.98 Å². The van der Waals surface area contributed by atoms with Gasteiger partial charge in [-0.2, -0.15) is 0 Å². The SMILES string of the molecule is COc1cc(OC)cc(C(=O)n2c(=O)[nH]c3cc(N)c(C)cc32)c1. The molecule has 2 aromatic carbocycles. The Morgan fingerprint density at radius 3 is 2.29 bits per heavy atom. The summed E-state index contributed by atoms with van der Waals surface area (Å²) in [6, 6.07) is 8.11. The minimum atomic E-state index is -0.526. The first-order valence-corrected chi connectivity index (χ1v) is 7.23. The summed E-state index contributed by atoms with van der Waals surface area (Å²) < 4.78 is 11.4. The summed E-state index contributed by atoms with van der Waals surface area (Å²) >= 11 is 0. The first-order valence-electron chi connectivity index (χ1n) is 7.23. The van der Waals surface area contributed by atoms with Crippen molar-refractivity contribution >= 4 is 22.6 Å². The average Bonchev–Trinajstić information content (AvgIpc) is 2.88. The van der Waals surface area contributed by atoms with Crippen LogP contribution in [0.25, 0.3) is 11.0 Å². The van der Waals surface area contributed by atoms with Crippen molar-refractivity contribution in [3.63, 3.8) is 0 Å². The number of nitrogen functional groups attached to an aromatic ring is 1. The molecular formula is C17H17N3O4. The zero-order valence-corrected chi connectivity index (χ0v) is 13.5. The standard InChI is InChI=1S/C17H17N3O4/c1-9-4-15-14(8-13(9)18)19-17(22)20(15)16(21)10-5-11(23-2)7-12(6-10)24-3/h4-8H,18H2,1-3H3,(H,19,22). The Bertz CT molecular complexity index is 979. The molecule has 0 saturated heterocycles. The summed E-state index contributed by atoms with van der Waals surface area (Å²) in [7, 11) is 2.99. The fourth-order valence-corrected chi connectivity index (χ4v) is 2.54. The molecule has 124 valence electrons. The van der Waals surface area contributed by atoms with E-state index in [1.165, 1.54) is 14.2 Å². The number of imidazole rings is 1. The van der Waals surface area contributed by atoms with Crippen LogP contribution < -0.4 is 20.9 Å². The molecular weight excluding hydrogens is 310 g/mol. The number of anilines is 1. The van der Waals surface area contributed by atoms with Gasteiger partial charge in [0, 0.05) is 17.3 Å². The van der Waals surface area contributed by atoms with Crippen molar-refractivity contribution < 1.29 is 14.3 Å². The molecule has 0 unspecified atom stereocenters. The second-order valence-corrected chi connectivity index (χ2v) is 5.40. The van der Waals surface area contributed by atoms with Gasteiger partial charge in [0.05, 0.1) is 25.3 Å². The molecule has 0 fully saturated rings. The number of aryl methyl sites for hydroxylation is 1. The number of fused-ring (bicyclic) bond motifs is 1. The topological polar surface area (TPSA) is 99.3 Å². The molecule has 0 aliphatic heterocycles. The van der Waals surface area contributed by atoms with Gasteiger partial charge in [-0.1, -0.05) is 0 Å². The maximum Gasteiger partial charge on any atom is 0.333 e. The highest BCUT2D eigenvalue weighted by Crippen LogP contribution is 2.24. The third kappa shape index (κ3) is 2.50. The molecule has 3 rings (SSSR count). The number of hydrogen-bond acceptors (Lipinski definition) is 5. The lowest BCUT2D eigenvalue weighted by molar-refractivity contribution is 0.0960. The molecule has 0 aliphatic rings. The minimum absolute atomic E-state index is 0.281. The van der Waals surface area contributed by atoms with E-state index in [-0.39, 0.29) is 5.56 Å². The minimum Gasteiger partial charge on any atom is -0.497 e. The summed E-state index contributed by atoms with van der Waals surface area (Å²) in [6.07, 6.45) is 0. The Morgan fingerprint density at radius 2 is 1.71 bits per heavy atom. The highest BCUT2D eigenvalue weighted by molar-refractivity contribution is 6.02. The van der Waals surface area contributed by atoms with Crippen molar-refractivity contribution in [2.45, 2.75) is 6.92 Å². The molecule has 0 saturated carbocycles. The fraction of sp³-hybridized carbons (Fsp3) is 0.176. The Kier molecular flexibility index (Phi) is 3.76. The number of aromatic nitrogens is 2. The van der Waals surface area contributed by atoms with Crippen LogP contribution >= 0.6 is 0 Å². The highest BCUT2D eigenvalue weighted by atomic mass is 16.5. The molecule has 0 radical (unpaired) electrons. The van der Waals surface area contributed by atoms with E-state index in [4.69, 9.17) is 15.2 Å². The number of ether oxygens (including phenoxy) is 2. The lowest BCUT2D eigenvalue weighted by Gasteiger charge is -2.09. The first kappa shape index (κ1) is 15.7. The van der Waals surface area contributed by atoms with Gasteiger partial charge in [-0.15, -0.1) is 0 Å². The third-order valence-corrected chi connectivity index (χ3v) is 3.87. The molecule has 7 nitrogen and oxygen atoms in total. The Balaban J connectivity index is 2.21. The van der Waals surface area contributed by atoms with Gasteiger partial charge in [-0.05, 0) is 36.8 Å². The summed E-state index contributed by atoms with van der Waals surface area (Å²) in [6.45, 7) is 1.82. The Hall–Kier alpha value is -3.22. The molecule has 7 heteroatoms. The van der Waals surface area contributed by atoms with E-state index in [1.807, 2.05) is 6.92 Å². The van der Waals surface area contributed by atoms with Crippen molar-refractivity contribution in [3.05, 3.63) is 51.9 Å². The van der Waals surface area contributed by atoms with Crippen LogP contribution in [-0.2, 0) is 0 Å². The van der Waals surface area contributed by atoms with Crippen molar-refractivity contribution in [2.75, 3.05) is 20.0 Å². The maximum atomic E-state index is 12.9. The fourth-order valence-electron chi connectivity index (χ4n) is 2.54. The van der Waals surface area contributed by atoms with Crippen molar-refractivity contribution in [1.29, 1.82) is 0 Å². The number of nitrogens with two attached hydrogens (primary N) is 1. The number of rotatable bonds is 3. The zero-order chi connectivity index (χ0) is 17.4. The second kappa shape index (κ2) is 5.77. The first-order chi connectivity index (χ1) is 11.4. The largest absolute Gasteiger partial charge is 0.497 e. The molecule has 0 aliphatic carbocycles. The van der Waals surface area contributed by atoms with Gasteiger partial charge in [0.2, 0.25) is 0 Å². The van der Waals surface area contributed by atoms with Crippen LogP contribution in [0.4, 0.5) is 5.69 Å². The molecule has 3 aromatic rings. The van der Waals surface area contributed by atoms with Crippen molar-refractivity contribution in [2.24, 2.45) is 0 Å². The molecule has 0 spiro atoms. The van der Waals surface area contributed by atoms with Gasteiger partial charge in [-0.25, -0.2) is 9.36 Å². The van der Waals surface area contributed by atoms with Crippen molar-refractivity contribution in [1.82, 2.24) is 9.55 Å². The van der Waals surface area contributed by atoms with Gasteiger partial charge in [0.1, 0.15) is 11.5 Å². The van der Waals surface area contributed by atoms with Gasteiger partial charge < -0.3 is 20.2 Å². The van der Waals surface area contributed by atoms with Crippen LogP contribution in [0.15, 0.2) is 35.1 Å². The number of benzene rings is 2. The molecule has 3 N–H and O–H groups in total. The predicted molar refractivity (Wildman–Crippen MR) is 91.0 cm³/mol. The number of hydrogen-bond donors (Lipinski definition) is 2. The van der Waals surface area contributed by atoms with Crippen LogP contribution in [0.5, 0.6) is 11.5 Å². The van der Waals surface area contributed by atoms with Crippen LogP contribution in [0.1, 0.15) is 15.9 Å². The summed E-state index contributed by atoms with van der Waals surface area (Å²) in [5.41, 5.74) is 7.92. The summed E-state index contributed by atoms with van der Waals surface area (Å²) in [4.78, 5) is 27.8. The number of aromatic amines is 1. The molecule has 0 atom stereocenters. The van der Waals surface area contributed by atoms with E-state index in [1.54, 1.807) is 30.3 Å². The van der Waals surface area contributed by atoms with E-state index in [0.717, 1.165) is 10.1 Å². The molecule has 1 aromatic heterocycles. The number of nitrogens with one attached hydrogen (secondary N) is 1. The number of H-pyrrole nitrogens is 1. The Labute approximate surface area is 137 Å². The van der Waals surface area contributed by atoms with Crippen LogP contribution in [0.3, 0.4) is 0 Å². The average molecular weight is 327 g/mol. The maximum absolute atomic E-state index is 12.9. The lowest BCUT2D eigenvalue weighted by Crippen LogP contribution is -2.24. The summed E-state index contributed by atoms with van der Waals surface area (Å²) in [5.74, 6) is 0.449. The quantitative estimate of drug-likeness (QED) is 0.716. The van der Waals surface area contributed by atoms with E-state index < -0.39 is 11.6 Å². The predicted octanol–water partition coefficient (Wildman–Crippen LogP) is 1.93. The number of methoxy groups -OCH3 is 2. The lowest BCUT2D eigenvalue weighted by atomic mass is 10.1. The molecule has 0 amide bonds. The summed E-state index contributed by atoms with van der Waals surface area (Å²) in [5, 5.41) is 0. The molecule has 24 heavy (non-hydrogen) atoms. The van der Waals surface area contributed by atoms with Gasteiger partial charge in [0.15, 0.2) is 0 Å². The monoisotopic (exact) mass is 327 g/mol. The van der Waals surface area contributed by atoms with Gasteiger partial charge in [-0.3, -0.25) is 4.79 Å². The van der Waals surface area contributed by atoms with E-state index in [0.29, 0.717) is 28.2 Å². The van der Waals surface area contributed by atoms with Crippen LogP contribution in [0.2, 0.25) is 0 Å². The number of carbonyl (C=O) groups excluding carboxylic acids is 1. The van der Waals surface area contributed by atoms with Crippen LogP contribution in [0, 0.1) is 6.92 Å². The number of carbonyl (C=O) groups is 1. The smallest absolute Gasteiger partial charge is 0.333 e. The molecule has 0 bridgehead atoms.